The van der Waals surface area contributed by atoms with Gasteiger partial charge in [-0.25, -0.2) is 4.79 Å². The third kappa shape index (κ3) is 2.54. The summed E-state index contributed by atoms with van der Waals surface area (Å²) in [5.41, 5.74) is 0.550. The molecule has 0 aliphatic carbocycles. The monoisotopic (exact) mass is 387 g/mol. The molecule has 0 bridgehead atoms. The van der Waals surface area contributed by atoms with Gasteiger partial charge in [-0.1, -0.05) is 10.1 Å². The molecule has 2 aliphatic heterocycles. The van der Waals surface area contributed by atoms with E-state index in [2.05, 4.69) is 15.2 Å². The summed E-state index contributed by atoms with van der Waals surface area (Å²) in [7, 11) is 4.52. The fourth-order valence-electron chi connectivity index (χ4n) is 2.88. The van der Waals surface area contributed by atoms with E-state index in [1.165, 1.54) is 16.5 Å². The van der Waals surface area contributed by atoms with E-state index in [1.54, 1.807) is 38.4 Å². The van der Waals surface area contributed by atoms with Crippen LogP contribution in [0.25, 0.3) is 0 Å². The standard InChI is InChI=1S/C16H14N6O4S/c1-20-11-10(13(23)21(2)16(20)25)22-12(14(24)27-15(22)17-11)19-18-8-4-6-9(26-3)7-5-8/h4-7,10H,1-3H3/p+1. The van der Waals surface area contributed by atoms with Gasteiger partial charge in [0.05, 0.1) is 7.11 Å². The van der Waals surface area contributed by atoms with Crippen LogP contribution in [0, 0.1) is 0 Å². The van der Waals surface area contributed by atoms with Gasteiger partial charge >= 0.3 is 17.0 Å². The minimum absolute atomic E-state index is 0.110. The van der Waals surface area contributed by atoms with Crippen LogP contribution in [0.4, 0.5) is 21.4 Å². The number of aromatic nitrogens is 1. The number of imide groups is 1. The molecular formula is C16H15N6O4S+. The molecule has 1 N–H and O–H groups in total. The fraction of sp³-hybridized carbons (Fsp3) is 0.250. The highest BCUT2D eigenvalue weighted by molar-refractivity contribution is 7.17. The van der Waals surface area contributed by atoms with Gasteiger partial charge in [-0.2, -0.15) is 4.57 Å². The molecule has 4 rings (SSSR count). The van der Waals surface area contributed by atoms with Gasteiger partial charge in [-0.05, 0) is 35.6 Å². The SMILES string of the molecule is COc1ccc(N=Nc2c(O)sc3[n+]2C2C(=O)N(C)C(=O)N(C)C2=N3)cc1. The molecule has 2 aromatic rings. The van der Waals surface area contributed by atoms with Crippen molar-refractivity contribution in [1.82, 2.24) is 9.80 Å². The number of azo groups is 1. The predicted octanol–water partition coefficient (Wildman–Crippen LogP) is 2.27. The number of amidine groups is 1. The Morgan fingerprint density at radius 3 is 2.56 bits per heavy atom. The second-order valence-electron chi connectivity index (χ2n) is 5.89. The van der Waals surface area contributed by atoms with Crippen LogP contribution in [-0.4, -0.2) is 53.9 Å². The Morgan fingerprint density at radius 2 is 1.89 bits per heavy atom. The van der Waals surface area contributed by atoms with Crippen molar-refractivity contribution in [3.8, 4) is 10.8 Å². The number of methoxy groups -OCH3 is 1. The molecule has 11 heteroatoms. The normalized spacial score (nSPS) is 18.8. The number of likely N-dealkylation sites (N-methyl/N-ethyl adjacent to an activating group) is 2. The lowest BCUT2D eigenvalue weighted by molar-refractivity contribution is -0.661. The third-order valence-corrected chi connectivity index (χ3v) is 5.19. The largest absolute Gasteiger partial charge is 0.497 e. The van der Waals surface area contributed by atoms with Crippen molar-refractivity contribution < 1.29 is 24.0 Å². The van der Waals surface area contributed by atoms with Crippen molar-refractivity contribution in [3.05, 3.63) is 24.3 Å². The minimum atomic E-state index is -0.866. The van der Waals surface area contributed by atoms with E-state index >= 15 is 0 Å². The summed E-state index contributed by atoms with van der Waals surface area (Å²) in [6.45, 7) is 0. The number of thiazole rings is 1. The summed E-state index contributed by atoms with van der Waals surface area (Å²) in [4.78, 5) is 31.4. The number of amides is 3. The maximum atomic E-state index is 12.6. The Kier molecular flexibility index (Phi) is 3.88. The molecular weight excluding hydrogens is 372 g/mol. The van der Waals surface area contributed by atoms with E-state index < -0.39 is 18.0 Å². The molecule has 1 aromatic carbocycles. The molecule has 10 nitrogen and oxygen atoms in total. The molecule has 3 amide bonds. The molecule has 0 saturated carbocycles. The third-order valence-electron chi connectivity index (χ3n) is 4.34. The number of carbonyl (C=O) groups is 2. The van der Waals surface area contributed by atoms with Gasteiger partial charge in [0, 0.05) is 19.2 Å². The van der Waals surface area contributed by atoms with E-state index in [1.807, 2.05) is 0 Å². The Labute approximate surface area is 157 Å². The van der Waals surface area contributed by atoms with Crippen molar-refractivity contribution in [1.29, 1.82) is 0 Å². The van der Waals surface area contributed by atoms with Crippen molar-refractivity contribution in [2.24, 2.45) is 15.2 Å². The molecule has 3 heterocycles. The van der Waals surface area contributed by atoms with Crippen LogP contribution >= 0.6 is 11.3 Å². The zero-order valence-electron chi connectivity index (χ0n) is 14.7. The zero-order chi connectivity index (χ0) is 19.3. The second-order valence-corrected chi connectivity index (χ2v) is 6.85. The maximum absolute atomic E-state index is 12.6. The number of hydrogen-bond donors (Lipinski definition) is 1. The molecule has 0 spiro atoms. The Hall–Kier alpha value is -3.34. The van der Waals surface area contributed by atoms with Crippen LogP contribution in [0.1, 0.15) is 6.04 Å². The van der Waals surface area contributed by atoms with E-state index in [0.29, 0.717) is 22.4 Å². The molecule has 2 aliphatic rings. The maximum Gasteiger partial charge on any atom is 0.343 e. The summed E-state index contributed by atoms with van der Waals surface area (Å²) in [6.07, 6.45) is 0. The van der Waals surface area contributed by atoms with E-state index in [9.17, 15) is 14.7 Å². The van der Waals surface area contributed by atoms with Crippen LogP contribution < -0.4 is 9.30 Å². The quantitative estimate of drug-likeness (QED) is 0.643. The number of carbonyl (C=O) groups excluding carboxylic acids is 2. The highest BCUT2D eigenvalue weighted by Gasteiger charge is 2.53. The predicted molar refractivity (Wildman–Crippen MR) is 95.4 cm³/mol. The summed E-state index contributed by atoms with van der Waals surface area (Å²) < 4.78 is 6.58. The van der Waals surface area contributed by atoms with E-state index in [0.717, 1.165) is 16.2 Å². The van der Waals surface area contributed by atoms with Gasteiger partial charge in [0.2, 0.25) is 11.9 Å². The smallest absolute Gasteiger partial charge is 0.343 e. The highest BCUT2D eigenvalue weighted by atomic mass is 32.1. The topological polar surface area (TPSA) is 111 Å². The first kappa shape index (κ1) is 17.1. The zero-order valence-corrected chi connectivity index (χ0v) is 15.5. The lowest BCUT2D eigenvalue weighted by Crippen LogP contribution is -2.61. The molecule has 27 heavy (non-hydrogen) atoms. The number of aliphatic imine (C=N–C) groups is 1. The van der Waals surface area contributed by atoms with E-state index in [-0.39, 0.29) is 10.9 Å². The average Bonchev–Trinajstić information content (AvgIpc) is 3.18. The van der Waals surface area contributed by atoms with Crippen molar-refractivity contribution in [2.45, 2.75) is 6.04 Å². The first-order valence-corrected chi connectivity index (χ1v) is 8.71. The number of aromatic hydroxyl groups is 1. The van der Waals surface area contributed by atoms with E-state index in [4.69, 9.17) is 4.74 Å². The van der Waals surface area contributed by atoms with Gasteiger partial charge < -0.3 is 9.84 Å². The fourth-order valence-corrected chi connectivity index (χ4v) is 3.72. The Bertz CT molecular complexity index is 1010. The van der Waals surface area contributed by atoms with Crippen LogP contribution in [0.2, 0.25) is 0 Å². The molecule has 1 saturated heterocycles. The average molecular weight is 387 g/mol. The first-order valence-electron chi connectivity index (χ1n) is 7.89. The second kappa shape index (κ2) is 6.13. The van der Waals surface area contributed by atoms with Gasteiger partial charge in [0.1, 0.15) is 11.4 Å². The van der Waals surface area contributed by atoms with Gasteiger partial charge in [0.15, 0.2) is 0 Å². The molecule has 1 fully saturated rings. The van der Waals surface area contributed by atoms with Crippen LogP contribution in [0.15, 0.2) is 39.5 Å². The van der Waals surface area contributed by atoms with Crippen LogP contribution in [-0.2, 0) is 4.79 Å². The lowest BCUT2D eigenvalue weighted by atomic mass is 10.2. The summed E-state index contributed by atoms with van der Waals surface area (Å²) in [6, 6.07) is 5.57. The van der Waals surface area contributed by atoms with Gasteiger partial charge in [0.25, 0.3) is 11.0 Å². The van der Waals surface area contributed by atoms with Gasteiger partial charge in [-0.15, -0.1) is 0 Å². The van der Waals surface area contributed by atoms with Crippen molar-refractivity contribution in [2.75, 3.05) is 21.2 Å². The molecule has 138 valence electrons. The number of rotatable bonds is 3. The molecule has 1 atom stereocenters. The van der Waals surface area contributed by atoms with Crippen molar-refractivity contribution >= 4 is 45.7 Å². The number of hydrogen-bond acceptors (Lipinski definition) is 8. The number of benzene rings is 1. The van der Waals surface area contributed by atoms with Crippen LogP contribution in [0.5, 0.6) is 10.8 Å². The van der Waals surface area contributed by atoms with Crippen molar-refractivity contribution in [3.63, 3.8) is 0 Å². The minimum Gasteiger partial charge on any atom is -0.497 e. The highest BCUT2D eigenvalue weighted by Crippen LogP contribution is 2.42. The summed E-state index contributed by atoms with van der Waals surface area (Å²) in [5, 5.41) is 18.7. The van der Waals surface area contributed by atoms with Gasteiger partial charge in [-0.3, -0.25) is 14.6 Å². The number of urea groups is 1. The number of fused-ring (bicyclic) bond motifs is 3. The Balaban J connectivity index is 1.72. The molecule has 1 aromatic heterocycles. The summed E-state index contributed by atoms with van der Waals surface area (Å²) >= 11 is 0.966. The number of nitrogens with zero attached hydrogens (tertiary/aromatic N) is 6. The lowest BCUT2D eigenvalue weighted by Gasteiger charge is -2.30. The Morgan fingerprint density at radius 1 is 1.19 bits per heavy atom. The number of ether oxygens (including phenoxy) is 1. The summed E-state index contributed by atoms with van der Waals surface area (Å²) in [5.74, 6) is 0.651. The first-order chi connectivity index (χ1) is 12.9. The molecule has 0 radical (unpaired) electrons. The van der Waals surface area contributed by atoms with Crippen LogP contribution in [0.3, 0.4) is 0 Å². The molecule has 1 unspecified atom stereocenters.